The van der Waals surface area contributed by atoms with Crippen LogP contribution in [0.4, 0.5) is 0 Å². The lowest BCUT2D eigenvalue weighted by Gasteiger charge is -2.35. The smallest absolute Gasteiger partial charge is 0.217 e. The summed E-state index contributed by atoms with van der Waals surface area (Å²) in [7, 11) is 0.438. The first-order chi connectivity index (χ1) is 4.29. The van der Waals surface area contributed by atoms with Gasteiger partial charge in [0.1, 0.15) is 6.29 Å². The molecule has 1 unspecified atom stereocenters. The van der Waals surface area contributed by atoms with Crippen molar-refractivity contribution in [2.24, 2.45) is 0 Å². The summed E-state index contributed by atoms with van der Waals surface area (Å²) < 4.78 is 1.59. The van der Waals surface area contributed by atoms with Crippen molar-refractivity contribution in [2.45, 2.75) is 19.0 Å². The standard InChI is InChI=1S/C5H7NO2Si/c1-9-6-4(3-7)2-5(6)8/h3-4H,2H2,1H3. The molecule has 1 aliphatic rings. The number of aldehydes is 1. The van der Waals surface area contributed by atoms with Gasteiger partial charge in [0, 0.05) is 0 Å². The fourth-order valence-electron chi connectivity index (χ4n) is 0.841. The van der Waals surface area contributed by atoms with E-state index in [4.69, 9.17) is 0 Å². The van der Waals surface area contributed by atoms with E-state index >= 15 is 0 Å². The van der Waals surface area contributed by atoms with Gasteiger partial charge in [-0.2, -0.15) is 0 Å². The highest BCUT2D eigenvalue weighted by molar-refractivity contribution is 6.37. The zero-order valence-electron chi connectivity index (χ0n) is 5.13. The van der Waals surface area contributed by atoms with E-state index in [1.165, 1.54) is 0 Å². The van der Waals surface area contributed by atoms with Crippen LogP contribution in [0.2, 0.25) is 6.55 Å². The predicted octanol–water partition coefficient (Wildman–Crippen LogP) is -0.546. The van der Waals surface area contributed by atoms with Gasteiger partial charge in [0.05, 0.1) is 12.5 Å². The van der Waals surface area contributed by atoms with Crippen molar-refractivity contribution >= 4 is 21.9 Å². The quantitative estimate of drug-likeness (QED) is 0.294. The van der Waals surface area contributed by atoms with Gasteiger partial charge in [0.2, 0.25) is 5.91 Å². The molecule has 0 aromatic carbocycles. The predicted molar refractivity (Wildman–Crippen MR) is 32.9 cm³/mol. The highest BCUT2D eigenvalue weighted by Gasteiger charge is 2.33. The van der Waals surface area contributed by atoms with E-state index in [2.05, 4.69) is 0 Å². The molecule has 1 fully saturated rings. The molecule has 1 rings (SSSR count). The third-order valence-electron chi connectivity index (χ3n) is 1.38. The van der Waals surface area contributed by atoms with Crippen LogP contribution in [0.5, 0.6) is 0 Å². The van der Waals surface area contributed by atoms with Crippen LogP contribution < -0.4 is 0 Å². The summed E-state index contributed by atoms with van der Waals surface area (Å²) >= 11 is 0. The lowest BCUT2D eigenvalue weighted by atomic mass is 10.1. The number of nitrogens with zero attached hydrogens (tertiary/aromatic N) is 1. The van der Waals surface area contributed by atoms with E-state index in [0.29, 0.717) is 16.1 Å². The molecular formula is C5H7NO2Si. The van der Waals surface area contributed by atoms with Gasteiger partial charge < -0.3 is 9.36 Å². The van der Waals surface area contributed by atoms with Gasteiger partial charge in [-0.1, -0.05) is 6.55 Å². The molecule has 1 saturated heterocycles. The number of carbonyl (C=O) groups is 2. The summed E-state index contributed by atoms with van der Waals surface area (Å²) in [5.74, 6) is 0.105. The molecule has 0 saturated carbocycles. The molecule has 2 radical (unpaired) electrons. The second-order valence-corrected chi connectivity index (χ2v) is 2.82. The first-order valence-corrected chi connectivity index (χ1v) is 4.19. The molecule has 1 heterocycles. The second kappa shape index (κ2) is 2.30. The molecule has 0 N–H and O–H groups in total. The minimum absolute atomic E-state index is 0.105. The fraction of sp³-hybridized carbons (Fsp3) is 0.600. The van der Waals surface area contributed by atoms with Crippen molar-refractivity contribution in [3.63, 3.8) is 0 Å². The number of hydrogen-bond donors (Lipinski definition) is 0. The third-order valence-corrected chi connectivity index (χ3v) is 2.44. The molecule has 3 nitrogen and oxygen atoms in total. The van der Waals surface area contributed by atoms with Crippen molar-refractivity contribution in [2.75, 3.05) is 0 Å². The van der Waals surface area contributed by atoms with Crippen molar-refractivity contribution < 1.29 is 9.59 Å². The number of hydrogen-bond acceptors (Lipinski definition) is 2. The van der Waals surface area contributed by atoms with E-state index in [9.17, 15) is 9.59 Å². The average Bonchev–Trinajstić information content (AvgIpc) is 1.83. The Morgan fingerprint density at radius 1 is 1.89 bits per heavy atom. The highest BCUT2D eigenvalue weighted by atomic mass is 28.2. The number of amides is 1. The Kier molecular flexibility index (Phi) is 1.66. The van der Waals surface area contributed by atoms with E-state index in [-0.39, 0.29) is 11.9 Å². The first-order valence-electron chi connectivity index (χ1n) is 2.74. The summed E-state index contributed by atoms with van der Waals surface area (Å²) in [5.41, 5.74) is 0. The maximum absolute atomic E-state index is 10.6. The topological polar surface area (TPSA) is 37.4 Å². The Morgan fingerprint density at radius 2 is 2.56 bits per heavy atom. The molecule has 9 heavy (non-hydrogen) atoms. The summed E-state index contributed by atoms with van der Waals surface area (Å²) in [4.78, 5) is 20.7. The van der Waals surface area contributed by atoms with Gasteiger partial charge in [-0.25, -0.2) is 0 Å². The van der Waals surface area contributed by atoms with Crippen LogP contribution >= 0.6 is 0 Å². The molecule has 0 bridgehead atoms. The SMILES string of the molecule is C[Si]N1C(=O)CC1C=O. The summed E-state index contributed by atoms with van der Waals surface area (Å²) in [6, 6.07) is -0.110. The van der Waals surface area contributed by atoms with Crippen LogP contribution in [0, 0.1) is 0 Å². The molecular weight excluding hydrogens is 134 g/mol. The van der Waals surface area contributed by atoms with Crippen LogP contribution in [-0.4, -0.2) is 32.5 Å². The summed E-state index contributed by atoms with van der Waals surface area (Å²) in [6.45, 7) is 1.90. The maximum Gasteiger partial charge on any atom is 0.217 e. The van der Waals surface area contributed by atoms with Gasteiger partial charge in [0.15, 0.2) is 9.68 Å². The zero-order chi connectivity index (χ0) is 6.85. The van der Waals surface area contributed by atoms with Gasteiger partial charge in [-0.3, -0.25) is 4.79 Å². The normalized spacial score (nSPS) is 25.7. The zero-order valence-corrected chi connectivity index (χ0v) is 6.13. The van der Waals surface area contributed by atoms with Crippen molar-refractivity contribution in [3.05, 3.63) is 0 Å². The van der Waals surface area contributed by atoms with E-state index in [0.717, 1.165) is 6.29 Å². The molecule has 1 atom stereocenters. The molecule has 48 valence electrons. The maximum atomic E-state index is 10.6. The van der Waals surface area contributed by atoms with Crippen LogP contribution in [0.15, 0.2) is 0 Å². The number of β-lactam (4-membered cyclic amide) rings is 1. The molecule has 0 spiro atoms. The van der Waals surface area contributed by atoms with Crippen LogP contribution in [0.3, 0.4) is 0 Å². The second-order valence-electron chi connectivity index (χ2n) is 1.89. The fourth-order valence-corrected chi connectivity index (χ4v) is 1.67. The van der Waals surface area contributed by atoms with Gasteiger partial charge in [0.25, 0.3) is 0 Å². The Morgan fingerprint density at radius 3 is 2.78 bits per heavy atom. The molecule has 4 heteroatoms. The lowest BCUT2D eigenvalue weighted by Crippen LogP contribution is -2.54. The largest absolute Gasteiger partial charge is 0.360 e. The Labute approximate surface area is 55.9 Å². The monoisotopic (exact) mass is 141 g/mol. The van der Waals surface area contributed by atoms with Crippen molar-refractivity contribution in [1.29, 1.82) is 0 Å². The third kappa shape index (κ3) is 0.895. The van der Waals surface area contributed by atoms with Gasteiger partial charge >= 0.3 is 0 Å². The molecule has 1 aliphatic heterocycles. The summed E-state index contributed by atoms with van der Waals surface area (Å²) in [5, 5.41) is 0. The number of rotatable bonds is 2. The van der Waals surface area contributed by atoms with E-state index < -0.39 is 0 Å². The Balaban J connectivity index is 2.46. The Bertz CT molecular complexity index is 148. The summed E-state index contributed by atoms with van der Waals surface area (Å²) in [6.07, 6.45) is 1.25. The Hall–Kier alpha value is -0.643. The van der Waals surface area contributed by atoms with E-state index in [1.54, 1.807) is 4.57 Å². The highest BCUT2D eigenvalue weighted by Crippen LogP contribution is 2.14. The van der Waals surface area contributed by atoms with Crippen molar-refractivity contribution in [1.82, 2.24) is 4.57 Å². The minimum atomic E-state index is -0.110. The average molecular weight is 141 g/mol. The van der Waals surface area contributed by atoms with Crippen LogP contribution in [0.25, 0.3) is 0 Å². The first kappa shape index (κ1) is 6.48. The molecule has 0 aliphatic carbocycles. The lowest BCUT2D eigenvalue weighted by molar-refractivity contribution is -0.141. The van der Waals surface area contributed by atoms with Crippen LogP contribution in [-0.2, 0) is 9.59 Å². The van der Waals surface area contributed by atoms with Crippen LogP contribution in [0.1, 0.15) is 6.42 Å². The minimum Gasteiger partial charge on any atom is -0.360 e. The molecule has 0 aromatic heterocycles. The van der Waals surface area contributed by atoms with E-state index in [1.807, 2.05) is 6.55 Å². The van der Waals surface area contributed by atoms with Gasteiger partial charge in [-0.15, -0.1) is 0 Å². The molecule has 0 aromatic rings. The van der Waals surface area contributed by atoms with Crippen molar-refractivity contribution in [3.8, 4) is 0 Å². The molecule has 1 amide bonds. The van der Waals surface area contributed by atoms with Gasteiger partial charge in [-0.05, 0) is 0 Å². The number of carbonyl (C=O) groups excluding carboxylic acids is 2.